The van der Waals surface area contributed by atoms with Crippen molar-refractivity contribution < 1.29 is 43.7 Å². The lowest BCUT2D eigenvalue weighted by molar-refractivity contribution is -0.166. The molecule has 1 fully saturated rings. The summed E-state index contributed by atoms with van der Waals surface area (Å²) in [5, 5.41) is 29.0. The predicted octanol–water partition coefficient (Wildman–Crippen LogP) is 3.30. The van der Waals surface area contributed by atoms with Crippen molar-refractivity contribution in [2.75, 3.05) is 6.61 Å². The number of nitrogens with one attached hydrogen (secondary N) is 3. The fourth-order valence-electron chi connectivity index (χ4n) is 5.63. The highest BCUT2D eigenvalue weighted by atomic mass is 16.6. The Kier molecular flexibility index (Phi) is 19.7. The summed E-state index contributed by atoms with van der Waals surface area (Å²) in [5.74, 6) is -5.92. The lowest BCUT2D eigenvalue weighted by Crippen LogP contribution is -2.60. The Labute approximate surface area is 275 Å². The van der Waals surface area contributed by atoms with E-state index in [-0.39, 0.29) is 5.92 Å². The SMILES string of the molecule is CCCCCCCCCCCCC[C@@H](O)[C@H](C)[C@H]1OC(=O)C(COC(C)=O)NC(=O)C([C@@H](C)O)NC(=O)[C@H](C(C)C)NC(=O)C1C. The van der Waals surface area contributed by atoms with Crippen LogP contribution in [-0.4, -0.2) is 82.9 Å². The van der Waals surface area contributed by atoms with E-state index in [4.69, 9.17) is 9.47 Å². The van der Waals surface area contributed by atoms with Gasteiger partial charge in [0.1, 0.15) is 24.8 Å². The zero-order valence-electron chi connectivity index (χ0n) is 29.1. The molecule has 1 saturated heterocycles. The van der Waals surface area contributed by atoms with Crippen molar-refractivity contribution in [3.8, 4) is 0 Å². The third kappa shape index (κ3) is 14.8. The molecular formula is C34H61N3O9. The van der Waals surface area contributed by atoms with Crippen LogP contribution in [0.25, 0.3) is 0 Å². The topological polar surface area (TPSA) is 180 Å². The maximum Gasteiger partial charge on any atom is 0.332 e. The number of cyclic esters (lactones) is 1. The lowest BCUT2D eigenvalue weighted by Gasteiger charge is -2.33. The number of carbonyl (C=O) groups is 5. The summed E-state index contributed by atoms with van der Waals surface area (Å²) >= 11 is 0. The van der Waals surface area contributed by atoms with Crippen LogP contribution in [0.1, 0.15) is 126 Å². The molecule has 266 valence electrons. The molecule has 0 radical (unpaired) electrons. The highest BCUT2D eigenvalue weighted by Gasteiger charge is 2.41. The number of hydrogen-bond donors (Lipinski definition) is 5. The molecular weight excluding hydrogens is 594 g/mol. The molecule has 1 aliphatic heterocycles. The molecule has 0 aromatic rings. The summed E-state index contributed by atoms with van der Waals surface area (Å²) in [6.07, 6.45) is 9.87. The highest BCUT2D eigenvalue weighted by molar-refractivity contribution is 5.94. The Morgan fingerprint density at radius 3 is 1.78 bits per heavy atom. The van der Waals surface area contributed by atoms with E-state index in [2.05, 4.69) is 22.9 Å². The van der Waals surface area contributed by atoms with E-state index in [0.29, 0.717) is 6.42 Å². The van der Waals surface area contributed by atoms with Crippen molar-refractivity contribution in [2.24, 2.45) is 17.8 Å². The number of amides is 3. The van der Waals surface area contributed by atoms with E-state index >= 15 is 0 Å². The van der Waals surface area contributed by atoms with E-state index in [1.54, 1.807) is 27.7 Å². The van der Waals surface area contributed by atoms with E-state index < -0.39 is 84.5 Å². The van der Waals surface area contributed by atoms with Gasteiger partial charge in [0.15, 0.2) is 6.04 Å². The third-order valence-corrected chi connectivity index (χ3v) is 8.75. The van der Waals surface area contributed by atoms with E-state index in [1.165, 1.54) is 51.9 Å². The van der Waals surface area contributed by atoms with Crippen LogP contribution in [0.5, 0.6) is 0 Å². The second-order valence-corrected chi connectivity index (χ2v) is 13.3. The van der Waals surface area contributed by atoms with Crippen LogP contribution in [0.2, 0.25) is 0 Å². The molecule has 0 aromatic heterocycles. The van der Waals surface area contributed by atoms with Gasteiger partial charge in [0.25, 0.3) is 0 Å². The molecule has 1 aliphatic rings. The van der Waals surface area contributed by atoms with Crippen molar-refractivity contribution in [3.63, 3.8) is 0 Å². The summed E-state index contributed by atoms with van der Waals surface area (Å²) in [4.78, 5) is 64.8. The van der Waals surface area contributed by atoms with Gasteiger partial charge in [-0.25, -0.2) is 4.79 Å². The summed E-state index contributed by atoms with van der Waals surface area (Å²) in [7, 11) is 0. The Balaban J connectivity index is 3.08. The summed E-state index contributed by atoms with van der Waals surface area (Å²) in [5.41, 5.74) is 0. The number of ether oxygens (including phenoxy) is 2. The number of carbonyl (C=O) groups excluding carboxylic acids is 5. The van der Waals surface area contributed by atoms with Crippen LogP contribution in [0.3, 0.4) is 0 Å². The molecule has 0 bridgehead atoms. The maximum absolute atomic E-state index is 13.5. The van der Waals surface area contributed by atoms with E-state index in [9.17, 15) is 34.2 Å². The minimum atomic E-state index is -1.50. The molecule has 5 N–H and O–H groups in total. The average Bonchev–Trinajstić information content (AvgIpc) is 3.00. The zero-order valence-corrected chi connectivity index (χ0v) is 29.1. The summed E-state index contributed by atoms with van der Waals surface area (Å²) < 4.78 is 10.8. The van der Waals surface area contributed by atoms with E-state index in [0.717, 1.165) is 32.6 Å². The smallest absolute Gasteiger partial charge is 0.332 e. The third-order valence-electron chi connectivity index (χ3n) is 8.75. The molecule has 3 amide bonds. The van der Waals surface area contributed by atoms with Crippen molar-refractivity contribution in [1.82, 2.24) is 16.0 Å². The van der Waals surface area contributed by atoms with Crippen LogP contribution in [0, 0.1) is 17.8 Å². The molecule has 12 heteroatoms. The minimum absolute atomic E-state index is 0.388. The van der Waals surface area contributed by atoms with Gasteiger partial charge in [-0.3, -0.25) is 19.2 Å². The second-order valence-electron chi connectivity index (χ2n) is 13.3. The molecule has 0 spiro atoms. The van der Waals surface area contributed by atoms with Crippen LogP contribution >= 0.6 is 0 Å². The van der Waals surface area contributed by atoms with Crippen LogP contribution in [0.15, 0.2) is 0 Å². The zero-order chi connectivity index (χ0) is 34.8. The molecule has 46 heavy (non-hydrogen) atoms. The maximum atomic E-state index is 13.5. The Morgan fingerprint density at radius 1 is 0.783 bits per heavy atom. The molecule has 3 unspecified atom stereocenters. The first-order valence-corrected chi connectivity index (χ1v) is 17.3. The lowest BCUT2D eigenvalue weighted by atomic mass is 9.86. The molecule has 0 aliphatic carbocycles. The minimum Gasteiger partial charge on any atom is -0.463 e. The van der Waals surface area contributed by atoms with Gasteiger partial charge in [-0.15, -0.1) is 0 Å². The Bertz CT molecular complexity index is 958. The fourth-order valence-corrected chi connectivity index (χ4v) is 5.63. The first-order valence-electron chi connectivity index (χ1n) is 17.3. The Hall–Kier alpha value is -2.73. The van der Waals surface area contributed by atoms with Crippen LogP contribution < -0.4 is 16.0 Å². The van der Waals surface area contributed by atoms with Gasteiger partial charge in [0.05, 0.1) is 18.1 Å². The van der Waals surface area contributed by atoms with Gasteiger partial charge < -0.3 is 35.6 Å². The van der Waals surface area contributed by atoms with Crippen molar-refractivity contribution >= 4 is 29.7 Å². The number of esters is 2. The summed E-state index contributed by atoms with van der Waals surface area (Å²) in [6.45, 7) is 10.8. The van der Waals surface area contributed by atoms with Crippen molar-refractivity contribution in [1.29, 1.82) is 0 Å². The fraction of sp³-hybridized carbons (Fsp3) is 0.853. The van der Waals surface area contributed by atoms with E-state index in [1.807, 2.05) is 0 Å². The molecule has 12 nitrogen and oxygen atoms in total. The second kappa shape index (κ2) is 22.0. The van der Waals surface area contributed by atoms with Gasteiger partial charge >= 0.3 is 11.9 Å². The predicted molar refractivity (Wildman–Crippen MR) is 174 cm³/mol. The van der Waals surface area contributed by atoms with Crippen molar-refractivity contribution in [3.05, 3.63) is 0 Å². The number of unbranched alkanes of at least 4 members (excludes halogenated alkanes) is 10. The molecule has 0 aromatic carbocycles. The number of hydrogen-bond acceptors (Lipinski definition) is 9. The first kappa shape index (κ1) is 41.3. The van der Waals surface area contributed by atoms with Gasteiger partial charge in [0, 0.05) is 12.8 Å². The molecule has 0 saturated carbocycles. The molecule has 8 atom stereocenters. The number of aliphatic hydroxyl groups is 2. The van der Waals surface area contributed by atoms with Crippen LogP contribution in [-0.2, 0) is 33.4 Å². The Morgan fingerprint density at radius 2 is 1.28 bits per heavy atom. The summed E-state index contributed by atoms with van der Waals surface area (Å²) in [6, 6.07) is -4.03. The van der Waals surface area contributed by atoms with Gasteiger partial charge in [-0.2, -0.15) is 0 Å². The molecule has 1 rings (SSSR count). The first-order chi connectivity index (χ1) is 21.7. The van der Waals surface area contributed by atoms with Gasteiger partial charge in [-0.1, -0.05) is 105 Å². The number of aliphatic hydroxyl groups excluding tert-OH is 2. The normalized spacial score (nSPS) is 25.1. The standard InChI is InChI=1S/C34H61N3O9/c1-8-9-10-11-12-13-14-15-16-17-18-19-27(40)22(4)30-23(5)31(41)36-28(21(2)3)32(42)37-29(24(6)38)33(43)35-26(34(44)46-30)20-45-25(7)39/h21-24,26-30,38,40H,8-20H2,1-7H3,(H,35,43)(H,36,41)(H,37,42)/t22-,23?,24+,26?,27+,28-,29?,30+/m0/s1. The molecule has 1 heterocycles. The quantitative estimate of drug-likeness (QED) is 0.109. The largest absolute Gasteiger partial charge is 0.463 e. The average molecular weight is 656 g/mol. The monoisotopic (exact) mass is 655 g/mol. The van der Waals surface area contributed by atoms with Crippen molar-refractivity contribution in [2.45, 2.75) is 162 Å². The van der Waals surface area contributed by atoms with Gasteiger partial charge in [-0.05, 0) is 19.3 Å². The van der Waals surface area contributed by atoms with Gasteiger partial charge in [0.2, 0.25) is 17.7 Å². The highest BCUT2D eigenvalue weighted by Crippen LogP contribution is 2.25. The van der Waals surface area contributed by atoms with Crippen LogP contribution in [0.4, 0.5) is 0 Å². The number of rotatable bonds is 18.